The Morgan fingerprint density at radius 2 is 1.77 bits per heavy atom. The largest absolute Gasteiger partial charge is 0.331 e. The minimum Gasteiger partial charge on any atom is -0.331 e. The third kappa shape index (κ3) is 3.81. The molecule has 2 N–H and O–H groups in total. The number of nitrogens with one attached hydrogen (secondary N) is 2. The fourth-order valence-corrected chi connectivity index (χ4v) is 2.17. The van der Waals surface area contributed by atoms with E-state index in [1.54, 1.807) is 6.92 Å². The van der Waals surface area contributed by atoms with E-state index in [2.05, 4.69) is 10.6 Å². The van der Waals surface area contributed by atoms with Crippen molar-refractivity contribution in [1.29, 1.82) is 0 Å². The number of anilines is 1. The standard InChI is InChI=1S/C17H18F2N2O/c1-10-4-7-16(11(2)8-10)21-17(22)20-12(3)13-5-6-14(18)15(19)9-13/h4-9,12H,1-3H3,(H2,20,21,22). The molecule has 2 aromatic carbocycles. The molecule has 0 aliphatic heterocycles. The van der Waals surface area contributed by atoms with Gasteiger partial charge < -0.3 is 10.6 Å². The molecule has 2 amide bonds. The van der Waals surface area contributed by atoms with Gasteiger partial charge in [0.2, 0.25) is 0 Å². The highest BCUT2D eigenvalue weighted by atomic mass is 19.2. The molecule has 3 nitrogen and oxygen atoms in total. The van der Waals surface area contributed by atoms with E-state index in [1.807, 2.05) is 32.0 Å². The highest BCUT2D eigenvalue weighted by molar-refractivity contribution is 5.90. The molecule has 0 saturated heterocycles. The van der Waals surface area contributed by atoms with Crippen molar-refractivity contribution < 1.29 is 13.6 Å². The fraction of sp³-hybridized carbons (Fsp3) is 0.235. The van der Waals surface area contributed by atoms with Crippen LogP contribution in [0.15, 0.2) is 36.4 Å². The molecule has 0 fully saturated rings. The number of hydrogen-bond acceptors (Lipinski definition) is 1. The molecule has 0 saturated carbocycles. The van der Waals surface area contributed by atoms with Gasteiger partial charge in [-0.25, -0.2) is 13.6 Å². The maximum Gasteiger partial charge on any atom is 0.319 e. The molecule has 0 heterocycles. The number of benzene rings is 2. The SMILES string of the molecule is Cc1ccc(NC(=O)NC(C)c2ccc(F)c(F)c2)c(C)c1. The van der Waals surface area contributed by atoms with Gasteiger partial charge in [-0.1, -0.05) is 23.8 Å². The minimum absolute atomic E-state index is 0.399. The van der Waals surface area contributed by atoms with Crippen molar-refractivity contribution in [2.45, 2.75) is 26.8 Å². The Hall–Kier alpha value is -2.43. The van der Waals surface area contributed by atoms with Crippen LogP contribution in [0, 0.1) is 25.5 Å². The number of aryl methyl sites for hydroxylation is 2. The number of carbonyl (C=O) groups excluding carboxylic acids is 1. The van der Waals surface area contributed by atoms with Gasteiger partial charge in [0.25, 0.3) is 0 Å². The number of halogens is 2. The quantitative estimate of drug-likeness (QED) is 0.863. The van der Waals surface area contributed by atoms with Gasteiger partial charge in [-0.2, -0.15) is 0 Å². The van der Waals surface area contributed by atoms with Gasteiger partial charge in [-0.05, 0) is 50.1 Å². The Kier molecular flexibility index (Phi) is 4.75. The van der Waals surface area contributed by atoms with Crippen LogP contribution in [0.5, 0.6) is 0 Å². The summed E-state index contributed by atoms with van der Waals surface area (Å²) in [5.41, 5.74) is 3.27. The summed E-state index contributed by atoms with van der Waals surface area (Å²) in [6.07, 6.45) is 0. The van der Waals surface area contributed by atoms with Crippen molar-refractivity contribution in [3.05, 3.63) is 64.7 Å². The van der Waals surface area contributed by atoms with E-state index in [0.717, 1.165) is 23.3 Å². The van der Waals surface area contributed by atoms with E-state index in [-0.39, 0.29) is 0 Å². The minimum atomic E-state index is -0.930. The first-order valence-corrected chi connectivity index (χ1v) is 6.96. The summed E-state index contributed by atoms with van der Waals surface area (Å²) in [5.74, 6) is -1.84. The zero-order valence-electron chi connectivity index (χ0n) is 12.7. The number of hydrogen-bond donors (Lipinski definition) is 2. The van der Waals surface area contributed by atoms with Gasteiger partial charge in [-0.3, -0.25) is 0 Å². The molecule has 0 spiro atoms. The van der Waals surface area contributed by atoms with Crippen LogP contribution in [0.2, 0.25) is 0 Å². The maximum atomic E-state index is 13.2. The lowest BCUT2D eigenvalue weighted by Crippen LogP contribution is -2.31. The highest BCUT2D eigenvalue weighted by Crippen LogP contribution is 2.18. The highest BCUT2D eigenvalue weighted by Gasteiger charge is 2.12. The van der Waals surface area contributed by atoms with E-state index in [0.29, 0.717) is 11.3 Å². The van der Waals surface area contributed by atoms with Gasteiger partial charge in [0, 0.05) is 5.69 Å². The normalized spacial score (nSPS) is 11.9. The van der Waals surface area contributed by atoms with Crippen molar-refractivity contribution in [3.63, 3.8) is 0 Å². The molecule has 5 heteroatoms. The third-order valence-electron chi connectivity index (χ3n) is 3.42. The first kappa shape index (κ1) is 15.9. The first-order valence-electron chi connectivity index (χ1n) is 6.96. The lowest BCUT2D eigenvalue weighted by molar-refractivity contribution is 0.249. The van der Waals surface area contributed by atoms with Gasteiger partial charge in [-0.15, -0.1) is 0 Å². The van der Waals surface area contributed by atoms with E-state index < -0.39 is 23.7 Å². The summed E-state index contributed by atoms with van der Waals surface area (Å²) >= 11 is 0. The molecule has 116 valence electrons. The van der Waals surface area contributed by atoms with Gasteiger partial charge in [0.1, 0.15) is 0 Å². The predicted octanol–water partition coefficient (Wildman–Crippen LogP) is 4.46. The van der Waals surface area contributed by atoms with Crippen LogP contribution in [0.3, 0.4) is 0 Å². The average Bonchev–Trinajstić information content (AvgIpc) is 2.45. The molecule has 0 bridgehead atoms. The van der Waals surface area contributed by atoms with Crippen LogP contribution >= 0.6 is 0 Å². The lowest BCUT2D eigenvalue weighted by Gasteiger charge is -2.16. The van der Waals surface area contributed by atoms with Crippen molar-refractivity contribution >= 4 is 11.7 Å². The molecule has 0 aliphatic carbocycles. The summed E-state index contributed by atoms with van der Waals surface area (Å²) < 4.78 is 26.1. The molecule has 1 atom stereocenters. The van der Waals surface area contributed by atoms with Crippen LogP contribution in [-0.2, 0) is 0 Å². The third-order valence-corrected chi connectivity index (χ3v) is 3.42. The summed E-state index contributed by atoms with van der Waals surface area (Å²) in [5, 5.41) is 5.44. The van der Waals surface area contributed by atoms with Crippen molar-refractivity contribution in [1.82, 2.24) is 5.32 Å². The Bertz CT molecular complexity index is 701. The number of amides is 2. The Labute approximate surface area is 128 Å². The second-order valence-corrected chi connectivity index (χ2v) is 5.31. The number of carbonyl (C=O) groups is 1. The molecule has 0 radical (unpaired) electrons. The molecular weight excluding hydrogens is 286 g/mol. The molecule has 1 unspecified atom stereocenters. The van der Waals surface area contributed by atoms with Crippen molar-refractivity contribution in [3.8, 4) is 0 Å². The molecule has 22 heavy (non-hydrogen) atoms. The van der Waals surface area contributed by atoms with E-state index in [4.69, 9.17) is 0 Å². The van der Waals surface area contributed by atoms with Gasteiger partial charge in [0.15, 0.2) is 11.6 Å². The van der Waals surface area contributed by atoms with Crippen LogP contribution < -0.4 is 10.6 Å². The average molecular weight is 304 g/mol. The van der Waals surface area contributed by atoms with Crippen LogP contribution in [0.25, 0.3) is 0 Å². The Morgan fingerprint density at radius 3 is 2.41 bits per heavy atom. The summed E-state index contributed by atoms with van der Waals surface area (Å²) in [6.45, 7) is 5.58. The van der Waals surface area contributed by atoms with Crippen molar-refractivity contribution in [2.24, 2.45) is 0 Å². The van der Waals surface area contributed by atoms with Crippen LogP contribution in [-0.4, -0.2) is 6.03 Å². The Balaban J connectivity index is 2.03. The maximum absolute atomic E-state index is 13.2. The van der Waals surface area contributed by atoms with E-state index in [9.17, 15) is 13.6 Å². The number of urea groups is 1. The second kappa shape index (κ2) is 6.56. The lowest BCUT2D eigenvalue weighted by atomic mass is 10.1. The second-order valence-electron chi connectivity index (χ2n) is 5.31. The summed E-state index contributed by atoms with van der Waals surface area (Å²) in [6, 6.07) is 8.43. The zero-order valence-corrected chi connectivity index (χ0v) is 12.7. The molecule has 0 aromatic heterocycles. The number of rotatable bonds is 3. The molecule has 2 aromatic rings. The van der Waals surface area contributed by atoms with Crippen LogP contribution in [0.1, 0.15) is 29.7 Å². The topological polar surface area (TPSA) is 41.1 Å². The summed E-state index contributed by atoms with van der Waals surface area (Å²) in [4.78, 5) is 12.0. The van der Waals surface area contributed by atoms with E-state index in [1.165, 1.54) is 6.07 Å². The van der Waals surface area contributed by atoms with Crippen molar-refractivity contribution in [2.75, 3.05) is 5.32 Å². The molecule has 2 rings (SSSR count). The fourth-order valence-electron chi connectivity index (χ4n) is 2.17. The molecular formula is C17H18F2N2O. The Morgan fingerprint density at radius 1 is 1.05 bits per heavy atom. The smallest absolute Gasteiger partial charge is 0.319 e. The van der Waals surface area contributed by atoms with Crippen LogP contribution in [0.4, 0.5) is 19.3 Å². The first-order chi connectivity index (χ1) is 10.4. The molecule has 0 aliphatic rings. The summed E-state index contributed by atoms with van der Waals surface area (Å²) in [7, 11) is 0. The van der Waals surface area contributed by atoms with E-state index >= 15 is 0 Å². The van der Waals surface area contributed by atoms with Gasteiger partial charge in [0.05, 0.1) is 6.04 Å². The van der Waals surface area contributed by atoms with Gasteiger partial charge >= 0.3 is 6.03 Å². The monoisotopic (exact) mass is 304 g/mol. The predicted molar refractivity (Wildman–Crippen MR) is 82.8 cm³/mol. The zero-order chi connectivity index (χ0) is 16.3.